The minimum Gasteiger partial charge on any atom is -0.325 e. The Hall–Kier alpha value is -2.38. The fourth-order valence-electron chi connectivity index (χ4n) is 2.24. The van der Waals surface area contributed by atoms with Gasteiger partial charge in [0.1, 0.15) is 12.1 Å². The molecule has 1 amide bonds. The minimum atomic E-state index is -0.456. The van der Waals surface area contributed by atoms with E-state index in [9.17, 15) is 9.18 Å². The largest absolute Gasteiger partial charge is 0.325 e. The van der Waals surface area contributed by atoms with Gasteiger partial charge in [-0.2, -0.15) is 0 Å². The van der Waals surface area contributed by atoms with Gasteiger partial charge in [0.15, 0.2) is 5.16 Å². The Balaban J connectivity index is 1.74. The standard InChI is InChI=1S/C18H16ClFN4OS/c1-11-6-7-15(9-16(11)19)24-10-21-23-18(24)26-12(2)17(25)22-14-5-3-4-13(20)8-14/h3-10,12H,1-2H3,(H,22,25). The predicted octanol–water partition coefficient (Wildman–Crippen LogP) is 4.49. The van der Waals surface area contributed by atoms with Gasteiger partial charge in [-0.15, -0.1) is 10.2 Å². The quantitative estimate of drug-likeness (QED) is 0.652. The van der Waals surface area contributed by atoms with Crippen LogP contribution in [0.15, 0.2) is 53.9 Å². The SMILES string of the molecule is Cc1ccc(-n2cnnc2SC(C)C(=O)Nc2cccc(F)c2)cc1Cl. The van der Waals surface area contributed by atoms with Gasteiger partial charge in [0.05, 0.1) is 10.9 Å². The molecule has 0 spiro atoms. The summed E-state index contributed by atoms with van der Waals surface area (Å²) in [5.41, 5.74) is 2.20. The van der Waals surface area contributed by atoms with Crippen molar-refractivity contribution in [2.75, 3.05) is 5.32 Å². The van der Waals surface area contributed by atoms with Crippen molar-refractivity contribution in [3.63, 3.8) is 0 Å². The fraction of sp³-hybridized carbons (Fsp3) is 0.167. The summed E-state index contributed by atoms with van der Waals surface area (Å²) < 4.78 is 15.0. The number of anilines is 1. The van der Waals surface area contributed by atoms with Gasteiger partial charge >= 0.3 is 0 Å². The number of rotatable bonds is 5. The Bertz CT molecular complexity index is 946. The molecule has 8 heteroatoms. The summed E-state index contributed by atoms with van der Waals surface area (Å²) in [6, 6.07) is 11.4. The number of hydrogen-bond acceptors (Lipinski definition) is 4. The van der Waals surface area contributed by atoms with Crippen LogP contribution in [0.1, 0.15) is 12.5 Å². The van der Waals surface area contributed by atoms with E-state index in [1.807, 2.05) is 25.1 Å². The highest BCUT2D eigenvalue weighted by Gasteiger charge is 2.19. The topological polar surface area (TPSA) is 59.8 Å². The van der Waals surface area contributed by atoms with Crippen LogP contribution in [-0.4, -0.2) is 25.9 Å². The molecule has 1 unspecified atom stereocenters. The van der Waals surface area contributed by atoms with Gasteiger partial charge in [-0.3, -0.25) is 9.36 Å². The first-order valence-electron chi connectivity index (χ1n) is 7.83. The highest BCUT2D eigenvalue weighted by molar-refractivity contribution is 8.00. The maximum Gasteiger partial charge on any atom is 0.237 e. The van der Waals surface area contributed by atoms with Crippen molar-refractivity contribution in [2.24, 2.45) is 0 Å². The van der Waals surface area contributed by atoms with E-state index in [1.165, 1.54) is 23.9 Å². The van der Waals surface area contributed by atoms with Crippen molar-refractivity contribution >= 4 is 35.0 Å². The summed E-state index contributed by atoms with van der Waals surface area (Å²) in [6.45, 7) is 3.67. The summed E-state index contributed by atoms with van der Waals surface area (Å²) in [5, 5.41) is 11.4. The summed E-state index contributed by atoms with van der Waals surface area (Å²) in [4.78, 5) is 12.4. The van der Waals surface area contributed by atoms with Gasteiger partial charge in [0, 0.05) is 10.7 Å². The van der Waals surface area contributed by atoms with E-state index in [2.05, 4.69) is 15.5 Å². The lowest BCUT2D eigenvalue weighted by atomic mass is 10.2. The highest BCUT2D eigenvalue weighted by atomic mass is 35.5. The van der Waals surface area contributed by atoms with Gasteiger partial charge in [0.25, 0.3) is 0 Å². The first kappa shape index (κ1) is 18.4. The Kier molecular flexibility index (Phi) is 5.58. The smallest absolute Gasteiger partial charge is 0.237 e. The molecule has 0 aliphatic carbocycles. The molecule has 0 radical (unpaired) electrons. The lowest BCUT2D eigenvalue weighted by Gasteiger charge is -2.13. The lowest BCUT2D eigenvalue weighted by molar-refractivity contribution is -0.115. The molecule has 26 heavy (non-hydrogen) atoms. The first-order valence-corrected chi connectivity index (χ1v) is 9.09. The summed E-state index contributed by atoms with van der Waals surface area (Å²) in [7, 11) is 0. The molecule has 2 aromatic carbocycles. The molecule has 0 bridgehead atoms. The molecule has 1 atom stereocenters. The summed E-state index contributed by atoms with van der Waals surface area (Å²) in [6.07, 6.45) is 1.57. The number of halogens is 2. The van der Waals surface area contributed by atoms with E-state index in [-0.39, 0.29) is 5.91 Å². The van der Waals surface area contributed by atoms with Crippen molar-refractivity contribution < 1.29 is 9.18 Å². The van der Waals surface area contributed by atoms with Crippen LogP contribution in [0.2, 0.25) is 5.02 Å². The zero-order valence-corrected chi connectivity index (χ0v) is 15.7. The van der Waals surface area contributed by atoms with Crippen LogP contribution in [0, 0.1) is 12.7 Å². The average Bonchev–Trinajstić information content (AvgIpc) is 3.05. The van der Waals surface area contributed by atoms with Crippen LogP contribution in [0.4, 0.5) is 10.1 Å². The summed E-state index contributed by atoms with van der Waals surface area (Å²) >= 11 is 7.44. The zero-order chi connectivity index (χ0) is 18.7. The van der Waals surface area contributed by atoms with Crippen molar-refractivity contribution in [3.8, 4) is 5.69 Å². The molecular formula is C18H16ClFN4OS. The highest BCUT2D eigenvalue weighted by Crippen LogP contribution is 2.27. The number of thioether (sulfide) groups is 1. The number of benzene rings is 2. The van der Waals surface area contributed by atoms with Gasteiger partial charge in [-0.05, 0) is 49.7 Å². The van der Waals surface area contributed by atoms with E-state index in [0.717, 1.165) is 11.3 Å². The molecule has 3 rings (SSSR count). The van der Waals surface area contributed by atoms with E-state index >= 15 is 0 Å². The van der Waals surface area contributed by atoms with Crippen molar-refractivity contribution in [3.05, 3.63) is 65.2 Å². The number of carbonyl (C=O) groups is 1. The molecular weight excluding hydrogens is 375 g/mol. The van der Waals surface area contributed by atoms with E-state index in [0.29, 0.717) is 15.9 Å². The number of carbonyl (C=O) groups excluding carboxylic acids is 1. The van der Waals surface area contributed by atoms with Crippen molar-refractivity contribution in [1.29, 1.82) is 0 Å². The normalized spacial score (nSPS) is 12.0. The number of hydrogen-bond donors (Lipinski definition) is 1. The Morgan fingerprint density at radius 3 is 2.85 bits per heavy atom. The molecule has 0 aliphatic heterocycles. The van der Waals surface area contributed by atoms with Crippen LogP contribution < -0.4 is 5.32 Å². The number of nitrogens with zero attached hydrogens (tertiary/aromatic N) is 3. The second-order valence-corrected chi connectivity index (χ2v) is 7.39. The van der Waals surface area contributed by atoms with Gasteiger partial charge < -0.3 is 5.32 Å². The summed E-state index contributed by atoms with van der Waals surface area (Å²) in [5.74, 6) is -0.656. The maximum atomic E-state index is 13.2. The van der Waals surface area contributed by atoms with Crippen LogP contribution in [-0.2, 0) is 4.79 Å². The second kappa shape index (κ2) is 7.88. The lowest BCUT2D eigenvalue weighted by Crippen LogP contribution is -2.22. The second-order valence-electron chi connectivity index (χ2n) is 5.68. The van der Waals surface area contributed by atoms with E-state index in [1.54, 1.807) is 30.0 Å². The molecule has 1 aromatic heterocycles. The van der Waals surface area contributed by atoms with Crippen LogP contribution in [0.3, 0.4) is 0 Å². The Morgan fingerprint density at radius 1 is 1.31 bits per heavy atom. The van der Waals surface area contributed by atoms with E-state index < -0.39 is 11.1 Å². The van der Waals surface area contributed by atoms with Gasteiger partial charge in [-0.25, -0.2) is 4.39 Å². The van der Waals surface area contributed by atoms with Crippen LogP contribution >= 0.6 is 23.4 Å². The van der Waals surface area contributed by atoms with Gasteiger partial charge in [0.2, 0.25) is 5.91 Å². The third-order valence-corrected chi connectivity index (χ3v) is 5.16. The van der Waals surface area contributed by atoms with Crippen LogP contribution in [0.5, 0.6) is 0 Å². The van der Waals surface area contributed by atoms with Crippen molar-refractivity contribution in [2.45, 2.75) is 24.3 Å². The monoisotopic (exact) mass is 390 g/mol. The van der Waals surface area contributed by atoms with E-state index in [4.69, 9.17) is 11.6 Å². The molecule has 0 saturated carbocycles. The number of aryl methyl sites for hydroxylation is 1. The molecule has 1 N–H and O–H groups in total. The van der Waals surface area contributed by atoms with Crippen molar-refractivity contribution in [1.82, 2.24) is 14.8 Å². The molecule has 0 fully saturated rings. The number of amides is 1. The predicted molar refractivity (Wildman–Crippen MR) is 101 cm³/mol. The fourth-order valence-corrected chi connectivity index (χ4v) is 3.25. The number of nitrogens with one attached hydrogen (secondary N) is 1. The average molecular weight is 391 g/mol. The molecule has 3 aromatic rings. The molecule has 0 aliphatic rings. The Labute approximate surface area is 159 Å². The first-order chi connectivity index (χ1) is 12.4. The molecule has 134 valence electrons. The zero-order valence-electron chi connectivity index (χ0n) is 14.1. The number of aromatic nitrogens is 3. The third-order valence-electron chi connectivity index (χ3n) is 3.69. The molecule has 0 saturated heterocycles. The molecule has 5 nitrogen and oxygen atoms in total. The Morgan fingerprint density at radius 2 is 2.12 bits per heavy atom. The van der Waals surface area contributed by atoms with Crippen LogP contribution in [0.25, 0.3) is 5.69 Å². The van der Waals surface area contributed by atoms with Gasteiger partial charge in [-0.1, -0.05) is 35.5 Å². The minimum absolute atomic E-state index is 0.253. The third kappa shape index (κ3) is 4.23. The molecule has 1 heterocycles. The maximum absolute atomic E-state index is 13.2.